The molecule has 2 aromatic rings. The smallest absolute Gasteiger partial charge is 0.265 e. The minimum atomic E-state index is -3.86. The number of ketones is 1. The standard InChI is InChI=1S/C17H16O5S/c1-17(22-23(2,19)20)15(18)13-10-6-7-11-14(13)21-16(17)12-8-4-3-5-9-12/h3-11,16H,1-2H3/t16-,17+/m1/s1. The van der Waals surface area contributed by atoms with Gasteiger partial charge in [-0.2, -0.15) is 8.42 Å². The zero-order valence-corrected chi connectivity index (χ0v) is 13.5. The predicted octanol–water partition coefficient (Wildman–Crippen LogP) is 2.74. The van der Waals surface area contributed by atoms with Crippen LogP contribution in [0.3, 0.4) is 0 Å². The summed E-state index contributed by atoms with van der Waals surface area (Å²) in [6, 6.07) is 15.7. The number of hydrogen-bond donors (Lipinski definition) is 0. The fourth-order valence-corrected chi connectivity index (χ4v) is 3.58. The zero-order chi connectivity index (χ0) is 16.7. The largest absolute Gasteiger partial charge is 0.481 e. The second-order valence-electron chi connectivity index (χ2n) is 5.63. The second kappa shape index (κ2) is 5.47. The van der Waals surface area contributed by atoms with Crippen LogP contribution in [0.2, 0.25) is 0 Å². The molecule has 3 rings (SSSR count). The minimum Gasteiger partial charge on any atom is -0.481 e. The molecule has 0 spiro atoms. The van der Waals surface area contributed by atoms with Crippen molar-refractivity contribution in [2.75, 3.05) is 6.26 Å². The Balaban J connectivity index is 2.17. The predicted molar refractivity (Wildman–Crippen MR) is 84.9 cm³/mol. The van der Waals surface area contributed by atoms with Crippen molar-refractivity contribution in [1.29, 1.82) is 0 Å². The first-order valence-corrected chi connectivity index (χ1v) is 8.89. The Labute approximate surface area is 135 Å². The first kappa shape index (κ1) is 15.7. The van der Waals surface area contributed by atoms with E-state index in [0.29, 0.717) is 16.9 Å². The lowest BCUT2D eigenvalue weighted by Gasteiger charge is -2.39. The summed E-state index contributed by atoms with van der Waals surface area (Å²) in [6.45, 7) is 1.45. The lowest BCUT2D eigenvalue weighted by atomic mass is 9.83. The van der Waals surface area contributed by atoms with Gasteiger partial charge < -0.3 is 4.74 Å². The fraction of sp³-hybridized carbons (Fsp3) is 0.235. The van der Waals surface area contributed by atoms with Crippen LogP contribution < -0.4 is 4.74 Å². The summed E-state index contributed by atoms with van der Waals surface area (Å²) < 4.78 is 34.6. The van der Waals surface area contributed by atoms with Crippen LogP contribution >= 0.6 is 0 Å². The topological polar surface area (TPSA) is 69.7 Å². The minimum absolute atomic E-state index is 0.311. The van der Waals surface area contributed by atoms with Gasteiger partial charge in [-0.3, -0.25) is 8.98 Å². The number of fused-ring (bicyclic) bond motifs is 1. The van der Waals surface area contributed by atoms with Gasteiger partial charge in [-0.05, 0) is 24.6 Å². The first-order chi connectivity index (χ1) is 10.8. The van der Waals surface area contributed by atoms with Crippen molar-refractivity contribution in [2.45, 2.75) is 18.6 Å². The third-order valence-corrected chi connectivity index (χ3v) is 4.40. The van der Waals surface area contributed by atoms with Crippen LogP contribution in [0, 0.1) is 0 Å². The molecule has 1 aliphatic heterocycles. The van der Waals surface area contributed by atoms with Crippen LogP contribution in [-0.2, 0) is 14.3 Å². The second-order valence-corrected chi connectivity index (χ2v) is 7.20. The Hall–Kier alpha value is -2.18. The van der Waals surface area contributed by atoms with Gasteiger partial charge in [-0.1, -0.05) is 42.5 Å². The van der Waals surface area contributed by atoms with E-state index in [0.717, 1.165) is 6.26 Å². The molecule has 0 aromatic heterocycles. The highest BCUT2D eigenvalue weighted by molar-refractivity contribution is 7.86. The highest BCUT2D eigenvalue weighted by Gasteiger charge is 2.52. The van der Waals surface area contributed by atoms with Gasteiger partial charge in [0.15, 0.2) is 11.7 Å². The molecule has 0 saturated carbocycles. The summed E-state index contributed by atoms with van der Waals surface area (Å²) in [7, 11) is -3.86. The van der Waals surface area contributed by atoms with Gasteiger partial charge in [0.05, 0.1) is 11.8 Å². The molecule has 0 fully saturated rings. The van der Waals surface area contributed by atoms with Crippen molar-refractivity contribution in [3.8, 4) is 5.75 Å². The van der Waals surface area contributed by atoms with Crippen LogP contribution in [0.5, 0.6) is 5.75 Å². The van der Waals surface area contributed by atoms with Crippen molar-refractivity contribution in [1.82, 2.24) is 0 Å². The molecule has 1 aliphatic rings. The summed E-state index contributed by atoms with van der Waals surface area (Å²) in [5, 5.41) is 0. The molecule has 0 bridgehead atoms. The number of Topliss-reactive ketones (excluding diaryl/α,β-unsaturated/α-hetero) is 1. The van der Waals surface area contributed by atoms with E-state index in [1.54, 1.807) is 48.5 Å². The van der Waals surface area contributed by atoms with E-state index in [1.807, 2.05) is 6.07 Å². The highest BCUT2D eigenvalue weighted by atomic mass is 32.2. The van der Waals surface area contributed by atoms with Gasteiger partial charge in [0.2, 0.25) is 5.78 Å². The van der Waals surface area contributed by atoms with Crippen LogP contribution in [0.15, 0.2) is 54.6 Å². The molecule has 120 valence electrons. The Morgan fingerprint density at radius 1 is 1.04 bits per heavy atom. The van der Waals surface area contributed by atoms with Crippen molar-refractivity contribution in [3.05, 3.63) is 65.7 Å². The number of hydrogen-bond acceptors (Lipinski definition) is 5. The summed E-state index contributed by atoms with van der Waals surface area (Å²) in [6.07, 6.45) is 0.0643. The molecule has 2 atom stereocenters. The molecule has 0 saturated heterocycles. The monoisotopic (exact) mass is 332 g/mol. The summed E-state index contributed by atoms with van der Waals surface area (Å²) >= 11 is 0. The summed E-state index contributed by atoms with van der Waals surface area (Å²) in [5.41, 5.74) is -0.684. The number of carbonyl (C=O) groups excluding carboxylic acids is 1. The van der Waals surface area contributed by atoms with Gasteiger partial charge >= 0.3 is 0 Å². The van der Waals surface area contributed by atoms with Crippen LogP contribution in [0.25, 0.3) is 0 Å². The van der Waals surface area contributed by atoms with E-state index >= 15 is 0 Å². The SMILES string of the molecule is C[C@]1(OS(C)(=O)=O)C(=O)c2ccccc2O[C@@H]1c1ccccc1. The molecule has 2 aromatic carbocycles. The maximum absolute atomic E-state index is 12.9. The van der Waals surface area contributed by atoms with Crippen LogP contribution in [-0.4, -0.2) is 26.1 Å². The molecule has 0 radical (unpaired) electrons. The third kappa shape index (κ3) is 2.87. The summed E-state index contributed by atoms with van der Waals surface area (Å²) in [5.74, 6) is -0.000410. The number of rotatable bonds is 3. The van der Waals surface area contributed by atoms with Crippen molar-refractivity contribution in [3.63, 3.8) is 0 Å². The van der Waals surface area contributed by atoms with Crippen LogP contribution in [0.1, 0.15) is 28.9 Å². The van der Waals surface area contributed by atoms with Crippen LogP contribution in [0.4, 0.5) is 0 Å². The highest BCUT2D eigenvalue weighted by Crippen LogP contribution is 2.43. The Morgan fingerprint density at radius 3 is 2.30 bits per heavy atom. The average Bonchev–Trinajstić information content (AvgIpc) is 2.50. The van der Waals surface area contributed by atoms with Crippen molar-refractivity contribution >= 4 is 15.9 Å². The first-order valence-electron chi connectivity index (χ1n) is 7.07. The Kier molecular flexibility index (Phi) is 3.74. The van der Waals surface area contributed by atoms with E-state index in [-0.39, 0.29) is 0 Å². The van der Waals surface area contributed by atoms with Gasteiger partial charge in [-0.25, -0.2) is 0 Å². The van der Waals surface area contributed by atoms with E-state index in [2.05, 4.69) is 0 Å². The lowest BCUT2D eigenvalue weighted by molar-refractivity contribution is -0.0185. The van der Waals surface area contributed by atoms with Crippen molar-refractivity contribution in [2.24, 2.45) is 0 Å². The maximum Gasteiger partial charge on any atom is 0.265 e. The Bertz CT molecular complexity index is 844. The molecule has 0 aliphatic carbocycles. The molecule has 23 heavy (non-hydrogen) atoms. The van der Waals surface area contributed by atoms with E-state index in [4.69, 9.17) is 8.92 Å². The molecule has 0 amide bonds. The lowest BCUT2D eigenvalue weighted by Crippen LogP contribution is -2.50. The third-order valence-electron chi connectivity index (χ3n) is 3.75. The molecular formula is C17H16O5S. The Morgan fingerprint density at radius 2 is 1.65 bits per heavy atom. The van der Waals surface area contributed by atoms with Gasteiger partial charge in [0.25, 0.3) is 10.1 Å². The number of para-hydroxylation sites is 1. The van der Waals surface area contributed by atoms with Gasteiger partial charge in [0, 0.05) is 0 Å². The molecule has 5 nitrogen and oxygen atoms in total. The van der Waals surface area contributed by atoms with E-state index in [9.17, 15) is 13.2 Å². The number of ether oxygens (including phenoxy) is 1. The number of benzene rings is 2. The van der Waals surface area contributed by atoms with E-state index < -0.39 is 27.6 Å². The average molecular weight is 332 g/mol. The zero-order valence-electron chi connectivity index (χ0n) is 12.7. The summed E-state index contributed by atoms with van der Waals surface area (Å²) in [4.78, 5) is 12.9. The van der Waals surface area contributed by atoms with Crippen molar-refractivity contribution < 1.29 is 22.1 Å². The molecular weight excluding hydrogens is 316 g/mol. The fourth-order valence-electron chi connectivity index (χ4n) is 2.79. The molecule has 1 heterocycles. The molecule has 0 N–H and O–H groups in total. The maximum atomic E-state index is 12.9. The molecule has 6 heteroatoms. The normalized spacial score (nSPS) is 23.9. The number of carbonyl (C=O) groups is 1. The van der Waals surface area contributed by atoms with Gasteiger partial charge in [-0.15, -0.1) is 0 Å². The molecule has 0 unspecified atom stereocenters. The van der Waals surface area contributed by atoms with E-state index in [1.165, 1.54) is 6.92 Å². The van der Waals surface area contributed by atoms with Gasteiger partial charge in [0.1, 0.15) is 5.75 Å². The quantitative estimate of drug-likeness (QED) is 0.808.